The van der Waals surface area contributed by atoms with Crippen LogP contribution in [0.2, 0.25) is 0 Å². The summed E-state index contributed by atoms with van der Waals surface area (Å²) in [6, 6.07) is 19.0. The van der Waals surface area contributed by atoms with Gasteiger partial charge < -0.3 is 5.32 Å². The van der Waals surface area contributed by atoms with Gasteiger partial charge in [0.2, 0.25) is 0 Å². The van der Waals surface area contributed by atoms with Crippen molar-refractivity contribution in [2.45, 2.75) is 20.4 Å². The van der Waals surface area contributed by atoms with E-state index >= 15 is 0 Å². The molecule has 2 heterocycles. The van der Waals surface area contributed by atoms with Gasteiger partial charge in [-0.15, -0.1) is 5.10 Å². The molecular formula is C21H18N6O. The molecule has 2 aromatic carbocycles. The van der Waals surface area contributed by atoms with Gasteiger partial charge in [-0.2, -0.15) is 10.2 Å². The monoisotopic (exact) mass is 370 g/mol. The quantitative estimate of drug-likeness (QED) is 0.596. The van der Waals surface area contributed by atoms with Crippen molar-refractivity contribution in [2.75, 3.05) is 5.32 Å². The largest absolute Gasteiger partial charge is 0.352 e. The number of hydrogen-bond acceptors (Lipinski definition) is 5. The van der Waals surface area contributed by atoms with Gasteiger partial charge in [-0.1, -0.05) is 29.8 Å². The third kappa shape index (κ3) is 3.35. The highest BCUT2D eigenvalue weighted by Crippen LogP contribution is 2.17. The molecule has 0 bridgehead atoms. The summed E-state index contributed by atoms with van der Waals surface area (Å²) in [6.45, 7) is 4.15. The van der Waals surface area contributed by atoms with Crippen LogP contribution in [0, 0.1) is 25.2 Å². The van der Waals surface area contributed by atoms with E-state index in [1.165, 1.54) is 14.6 Å². The number of benzene rings is 2. The third-order valence-electron chi connectivity index (χ3n) is 4.45. The second-order valence-corrected chi connectivity index (χ2v) is 6.66. The van der Waals surface area contributed by atoms with Crippen LogP contribution < -0.4 is 11.0 Å². The minimum absolute atomic E-state index is 0.260. The highest BCUT2D eigenvalue weighted by Gasteiger charge is 2.12. The standard InChI is InChI=1S/C21H18N6O/c1-14-6-8-18(9-7-14)23-19-10-15(2)27-20(24-19)25-26(21(27)28)13-17-5-3-4-16(11-17)12-22/h3-11H,13H2,1-2H3,(H,23,24,25). The van der Waals surface area contributed by atoms with Gasteiger partial charge >= 0.3 is 5.69 Å². The molecule has 0 aliphatic rings. The number of aryl methyl sites for hydroxylation is 2. The van der Waals surface area contributed by atoms with E-state index in [1.54, 1.807) is 18.2 Å². The average molecular weight is 370 g/mol. The second kappa shape index (κ2) is 7.00. The molecule has 0 fully saturated rings. The summed E-state index contributed by atoms with van der Waals surface area (Å²) in [4.78, 5) is 17.2. The lowest BCUT2D eigenvalue weighted by Crippen LogP contribution is -2.22. The third-order valence-corrected chi connectivity index (χ3v) is 4.45. The molecule has 7 heteroatoms. The smallest absolute Gasteiger partial charge is 0.340 e. The molecule has 28 heavy (non-hydrogen) atoms. The Hall–Kier alpha value is -3.92. The van der Waals surface area contributed by atoms with Crippen molar-refractivity contribution >= 4 is 17.3 Å². The van der Waals surface area contributed by atoms with Gasteiger partial charge in [-0.3, -0.25) is 0 Å². The first kappa shape index (κ1) is 17.5. The SMILES string of the molecule is Cc1ccc(Nc2cc(C)n3c(=O)n(Cc4cccc(C#N)c4)nc3n2)cc1. The molecule has 1 N–H and O–H groups in total. The molecule has 0 radical (unpaired) electrons. The average Bonchev–Trinajstić information content (AvgIpc) is 2.99. The fraction of sp³-hybridized carbons (Fsp3) is 0.143. The first-order valence-corrected chi connectivity index (χ1v) is 8.83. The zero-order chi connectivity index (χ0) is 19.7. The number of anilines is 2. The van der Waals surface area contributed by atoms with Gasteiger partial charge in [-0.25, -0.2) is 13.9 Å². The molecule has 0 amide bonds. The molecule has 4 rings (SSSR count). The topological polar surface area (TPSA) is 88.0 Å². The number of aromatic nitrogens is 4. The lowest BCUT2D eigenvalue weighted by Gasteiger charge is -2.07. The maximum atomic E-state index is 12.8. The Labute approximate surface area is 161 Å². The van der Waals surface area contributed by atoms with E-state index in [9.17, 15) is 4.79 Å². The number of nitrogens with one attached hydrogen (secondary N) is 1. The summed E-state index contributed by atoms with van der Waals surface area (Å²) in [5.41, 5.74) is 3.95. The first-order valence-electron chi connectivity index (χ1n) is 8.83. The predicted octanol–water partition coefficient (Wildman–Crippen LogP) is 3.17. The molecule has 2 aromatic heterocycles. The molecule has 0 aliphatic heterocycles. The number of rotatable bonds is 4. The van der Waals surface area contributed by atoms with E-state index in [1.807, 2.05) is 50.2 Å². The summed E-state index contributed by atoms with van der Waals surface area (Å²) >= 11 is 0. The Bertz CT molecular complexity index is 1260. The minimum Gasteiger partial charge on any atom is -0.340 e. The fourth-order valence-electron chi connectivity index (χ4n) is 3.04. The molecule has 0 saturated heterocycles. The Kier molecular flexibility index (Phi) is 4.38. The van der Waals surface area contributed by atoms with Crippen LogP contribution in [0.15, 0.2) is 59.4 Å². The summed E-state index contributed by atoms with van der Waals surface area (Å²) in [5.74, 6) is 0.952. The first-order chi connectivity index (χ1) is 13.5. The van der Waals surface area contributed by atoms with E-state index in [0.717, 1.165) is 16.9 Å². The molecule has 0 saturated carbocycles. The fourth-order valence-corrected chi connectivity index (χ4v) is 3.04. The number of nitriles is 1. The highest BCUT2D eigenvalue weighted by molar-refractivity contribution is 5.58. The van der Waals surface area contributed by atoms with Crippen LogP contribution in [-0.2, 0) is 6.54 Å². The van der Waals surface area contributed by atoms with Crippen LogP contribution in [0.1, 0.15) is 22.4 Å². The lowest BCUT2D eigenvalue weighted by molar-refractivity contribution is 0.657. The molecule has 0 unspecified atom stereocenters. The predicted molar refractivity (Wildman–Crippen MR) is 107 cm³/mol. The summed E-state index contributed by atoms with van der Waals surface area (Å²) < 4.78 is 2.84. The number of hydrogen-bond donors (Lipinski definition) is 1. The summed E-state index contributed by atoms with van der Waals surface area (Å²) in [5, 5.41) is 16.7. The minimum atomic E-state index is -0.260. The van der Waals surface area contributed by atoms with E-state index in [4.69, 9.17) is 5.26 Å². The van der Waals surface area contributed by atoms with Crippen LogP contribution in [0.5, 0.6) is 0 Å². The van der Waals surface area contributed by atoms with Crippen LogP contribution in [0.25, 0.3) is 5.78 Å². The van der Waals surface area contributed by atoms with Crippen molar-refractivity contribution in [3.05, 3.63) is 87.5 Å². The van der Waals surface area contributed by atoms with Gasteiger partial charge in [0.05, 0.1) is 18.2 Å². The van der Waals surface area contributed by atoms with E-state index in [-0.39, 0.29) is 12.2 Å². The molecule has 0 spiro atoms. The van der Waals surface area contributed by atoms with Crippen LogP contribution in [0.4, 0.5) is 11.5 Å². The van der Waals surface area contributed by atoms with Gasteiger partial charge in [0.15, 0.2) is 0 Å². The normalized spacial score (nSPS) is 10.8. The molecule has 0 aliphatic carbocycles. The van der Waals surface area contributed by atoms with Crippen LogP contribution in [0.3, 0.4) is 0 Å². The van der Waals surface area contributed by atoms with Crippen molar-refractivity contribution < 1.29 is 0 Å². The van der Waals surface area contributed by atoms with Crippen molar-refractivity contribution in [3.8, 4) is 6.07 Å². The van der Waals surface area contributed by atoms with Gasteiger partial charge in [0.25, 0.3) is 5.78 Å². The van der Waals surface area contributed by atoms with Crippen LogP contribution >= 0.6 is 0 Å². The summed E-state index contributed by atoms with van der Waals surface area (Å²) in [6.07, 6.45) is 0. The van der Waals surface area contributed by atoms with E-state index < -0.39 is 0 Å². The van der Waals surface area contributed by atoms with Gasteiger partial charge in [0.1, 0.15) is 5.82 Å². The van der Waals surface area contributed by atoms with Crippen LogP contribution in [-0.4, -0.2) is 19.2 Å². The Morgan fingerprint density at radius 2 is 1.89 bits per heavy atom. The van der Waals surface area contributed by atoms with E-state index in [2.05, 4.69) is 21.5 Å². The van der Waals surface area contributed by atoms with Gasteiger partial charge in [-0.05, 0) is 43.7 Å². The second-order valence-electron chi connectivity index (χ2n) is 6.66. The van der Waals surface area contributed by atoms with Crippen molar-refractivity contribution in [1.82, 2.24) is 19.2 Å². The van der Waals surface area contributed by atoms with Crippen molar-refractivity contribution in [2.24, 2.45) is 0 Å². The maximum Gasteiger partial charge on any atom is 0.352 e. The molecule has 0 atom stereocenters. The van der Waals surface area contributed by atoms with Gasteiger partial charge in [0, 0.05) is 17.4 Å². The lowest BCUT2D eigenvalue weighted by atomic mass is 10.1. The maximum absolute atomic E-state index is 12.8. The Morgan fingerprint density at radius 3 is 2.64 bits per heavy atom. The number of fused-ring (bicyclic) bond motifs is 1. The zero-order valence-electron chi connectivity index (χ0n) is 15.5. The zero-order valence-corrected chi connectivity index (χ0v) is 15.5. The molecule has 7 nitrogen and oxygen atoms in total. The Morgan fingerprint density at radius 1 is 1.11 bits per heavy atom. The number of nitrogens with zero attached hydrogens (tertiary/aromatic N) is 5. The molecule has 138 valence electrons. The van der Waals surface area contributed by atoms with Crippen molar-refractivity contribution in [1.29, 1.82) is 5.26 Å². The van der Waals surface area contributed by atoms with Crippen molar-refractivity contribution in [3.63, 3.8) is 0 Å². The highest BCUT2D eigenvalue weighted by atomic mass is 16.2. The van der Waals surface area contributed by atoms with E-state index in [0.29, 0.717) is 17.2 Å². The Balaban J connectivity index is 1.69. The molecular weight excluding hydrogens is 352 g/mol. The summed E-state index contributed by atoms with van der Waals surface area (Å²) in [7, 11) is 0. The molecule has 4 aromatic rings.